The van der Waals surface area contributed by atoms with E-state index in [1.54, 1.807) is 12.0 Å². The summed E-state index contributed by atoms with van der Waals surface area (Å²) in [6, 6.07) is 11.0. The summed E-state index contributed by atoms with van der Waals surface area (Å²) in [7, 11) is 3.52. The second kappa shape index (κ2) is 11.6. The molecule has 0 spiro atoms. The van der Waals surface area contributed by atoms with Gasteiger partial charge in [0.05, 0.1) is 7.11 Å². The Morgan fingerprint density at radius 1 is 1.25 bits per heavy atom. The Morgan fingerprint density at radius 2 is 2.04 bits per heavy atom. The van der Waals surface area contributed by atoms with Gasteiger partial charge in [0.1, 0.15) is 5.75 Å². The quantitative estimate of drug-likeness (QED) is 0.337. The van der Waals surface area contributed by atoms with Crippen molar-refractivity contribution in [3.63, 3.8) is 0 Å². The summed E-state index contributed by atoms with van der Waals surface area (Å²) in [6.07, 6.45) is 2.12. The highest BCUT2D eigenvalue weighted by Gasteiger charge is 2.21. The zero-order valence-electron chi connectivity index (χ0n) is 16.9. The summed E-state index contributed by atoms with van der Waals surface area (Å²) in [5, 5.41) is 9.09. The van der Waals surface area contributed by atoms with Crippen LogP contribution in [0.1, 0.15) is 22.9 Å². The van der Waals surface area contributed by atoms with Crippen LogP contribution in [0.5, 0.6) is 5.75 Å². The molecule has 2 aromatic rings. The van der Waals surface area contributed by atoms with Crippen molar-refractivity contribution in [1.29, 1.82) is 0 Å². The zero-order chi connectivity index (χ0) is 19.1. The maximum atomic E-state index is 5.20. The molecule has 0 fully saturated rings. The van der Waals surface area contributed by atoms with Crippen molar-refractivity contribution in [3.05, 3.63) is 51.7 Å². The van der Waals surface area contributed by atoms with E-state index < -0.39 is 0 Å². The molecule has 1 aliphatic rings. The number of thiophene rings is 1. The molecule has 2 heterocycles. The van der Waals surface area contributed by atoms with E-state index in [9.17, 15) is 0 Å². The molecule has 154 valence electrons. The Balaban J connectivity index is 0.00000280. The van der Waals surface area contributed by atoms with Gasteiger partial charge in [-0.05, 0) is 54.5 Å². The van der Waals surface area contributed by atoms with E-state index in [-0.39, 0.29) is 24.0 Å². The Bertz CT molecular complexity index is 747. The Kier molecular flexibility index (Phi) is 9.53. The Morgan fingerprint density at radius 3 is 2.75 bits per heavy atom. The molecular formula is C21H31IN4OS. The fraction of sp³-hybridized carbons (Fsp3) is 0.476. The first kappa shape index (κ1) is 23.0. The second-order valence-electron chi connectivity index (χ2n) is 6.92. The molecule has 0 amide bonds. The highest BCUT2D eigenvalue weighted by molar-refractivity contribution is 14.0. The molecule has 5 nitrogen and oxygen atoms in total. The molecule has 0 aliphatic carbocycles. The van der Waals surface area contributed by atoms with Gasteiger partial charge in [-0.1, -0.05) is 12.1 Å². The number of ether oxygens (including phenoxy) is 1. The third-order valence-electron chi connectivity index (χ3n) is 5.11. The normalized spacial score (nSPS) is 15.3. The van der Waals surface area contributed by atoms with Gasteiger partial charge in [0.25, 0.3) is 0 Å². The van der Waals surface area contributed by atoms with Crippen LogP contribution in [0.25, 0.3) is 0 Å². The number of nitrogens with one attached hydrogen (secondary N) is 2. The van der Waals surface area contributed by atoms with Gasteiger partial charge in [-0.15, -0.1) is 35.3 Å². The molecule has 0 saturated heterocycles. The summed E-state index contributed by atoms with van der Waals surface area (Å²) in [5.74, 6) is 1.76. The minimum absolute atomic E-state index is 0. The number of guanidine groups is 1. The standard InChI is InChI=1S/C21H30N4OS.HI/c1-16(25-12-9-20-18(15-25)10-13-27-20)14-24-21(22-2)23-11-8-17-4-6-19(26-3)7-5-17;/h4-7,10,13,16H,8-9,11-12,14-15H2,1-3H3,(H2,22,23,24);1H. The number of aliphatic imine (C=N–C) groups is 1. The number of nitrogens with zero attached hydrogens (tertiary/aromatic N) is 2. The Labute approximate surface area is 189 Å². The van der Waals surface area contributed by atoms with E-state index in [0.717, 1.165) is 44.3 Å². The predicted octanol–water partition coefficient (Wildman–Crippen LogP) is 3.53. The SMILES string of the molecule is CN=C(NCCc1ccc(OC)cc1)NCC(C)N1CCc2sccc2C1.I. The van der Waals surface area contributed by atoms with Gasteiger partial charge >= 0.3 is 0 Å². The molecule has 1 aliphatic heterocycles. The molecule has 1 aromatic heterocycles. The van der Waals surface area contributed by atoms with Crippen LogP contribution in [0.15, 0.2) is 40.7 Å². The van der Waals surface area contributed by atoms with E-state index in [1.807, 2.05) is 30.5 Å². The van der Waals surface area contributed by atoms with E-state index in [0.29, 0.717) is 6.04 Å². The van der Waals surface area contributed by atoms with E-state index in [4.69, 9.17) is 4.74 Å². The fourth-order valence-electron chi connectivity index (χ4n) is 3.36. The summed E-state index contributed by atoms with van der Waals surface area (Å²) < 4.78 is 5.20. The summed E-state index contributed by atoms with van der Waals surface area (Å²) >= 11 is 1.89. The van der Waals surface area contributed by atoms with Gasteiger partial charge < -0.3 is 15.4 Å². The van der Waals surface area contributed by atoms with Crippen molar-refractivity contribution in [2.24, 2.45) is 4.99 Å². The van der Waals surface area contributed by atoms with Crippen molar-refractivity contribution >= 4 is 41.3 Å². The lowest BCUT2D eigenvalue weighted by molar-refractivity contribution is 0.192. The molecule has 28 heavy (non-hydrogen) atoms. The van der Waals surface area contributed by atoms with Gasteiger partial charge in [0.15, 0.2) is 5.96 Å². The first-order chi connectivity index (χ1) is 13.2. The lowest BCUT2D eigenvalue weighted by atomic mass is 10.1. The number of fused-ring (bicyclic) bond motifs is 1. The summed E-state index contributed by atoms with van der Waals surface area (Å²) in [5.41, 5.74) is 2.78. The van der Waals surface area contributed by atoms with Crippen LogP contribution in [0.3, 0.4) is 0 Å². The number of rotatable bonds is 7. The monoisotopic (exact) mass is 514 g/mol. The van der Waals surface area contributed by atoms with Crippen LogP contribution in [-0.2, 0) is 19.4 Å². The van der Waals surface area contributed by atoms with Crippen molar-refractivity contribution < 1.29 is 4.74 Å². The molecule has 0 radical (unpaired) electrons. The number of hydrogen-bond acceptors (Lipinski definition) is 4. The molecule has 1 aromatic carbocycles. The number of methoxy groups -OCH3 is 1. The van der Waals surface area contributed by atoms with Gasteiger partial charge in [-0.25, -0.2) is 0 Å². The maximum absolute atomic E-state index is 5.20. The van der Waals surface area contributed by atoms with Crippen molar-refractivity contribution in [1.82, 2.24) is 15.5 Å². The molecule has 0 bridgehead atoms. The van der Waals surface area contributed by atoms with Gasteiger partial charge in [0.2, 0.25) is 0 Å². The lowest BCUT2D eigenvalue weighted by Crippen LogP contribution is -2.47. The average Bonchev–Trinajstić information content (AvgIpc) is 3.18. The summed E-state index contributed by atoms with van der Waals surface area (Å²) in [6.45, 7) is 6.23. The maximum Gasteiger partial charge on any atom is 0.191 e. The third-order valence-corrected chi connectivity index (χ3v) is 6.14. The largest absolute Gasteiger partial charge is 0.497 e. The smallest absolute Gasteiger partial charge is 0.191 e. The van der Waals surface area contributed by atoms with E-state index >= 15 is 0 Å². The van der Waals surface area contributed by atoms with E-state index in [2.05, 4.69) is 51.0 Å². The topological polar surface area (TPSA) is 48.9 Å². The molecule has 7 heteroatoms. The fourth-order valence-corrected chi connectivity index (χ4v) is 4.25. The minimum atomic E-state index is 0. The molecule has 0 saturated carbocycles. The van der Waals surface area contributed by atoms with E-state index in [1.165, 1.54) is 17.5 Å². The number of halogens is 1. The van der Waals surface area contributed by atoms with Crippen LogP contribution >= 0.6 is 35.3 Å². The van der Waals surface area contributed by atoms with Gasteiger partial charge in [-0.3, -0.25) is 9.89 Å². The molecule has 1 unspecified atom stereocenters. The van der Waals surface area contributed by atoms with Crippen LogP contribution in [0.4, 0.5) is 0 Å². The highest BCUT2D eigenvalue weighted by atomic mass is 127. The lowest BCUT2D eigenvalue weighted by Gasteiger charge is -2.32. The highest BCUT2D eigenvalue weighted by Crippen LogP contribution is 2.24. The first-order valence-corrected chi connectivity index (χ1v) is 10.4. The van der Waals surface area contributed by atoms with Crippen molar-refractivity contribution in [3.8, 4) is 5.75 Å². The Hall–Kier alpha value is -1.32. The molecule has 2 N–H and O–H groups in total. The van der Waals surface area contributed by atoms with Crippen molar-refractivity contribution in [2.75, 3.05) is 33.8 Å². The number of benzene rings is 1. The zero-order valence-corrected chi connectivity index (χ0v) is 20.1. The average molecular weight is 514 g/mol. The van der Waals surface area contributed by atoms with Gasteiger partial charge in [-0.2, -0.15) is 0 Å². The predicted molar refractivity (Wildman–Crippen MR) is 129 cm³/mol. The third kappa shape index (κ3) is 6.35. The van der Waals surface area contributed by atoms with Gasteiger partial charge in [0, 0.05) is 44.1 Å². The van der Waals surface area contributed by atoms with Crippen molar-refractivity contribution in [2.45, 2.75) is 32.4 Å². The van der Waals surface area contributed by atoms with Crippen LogP contribution in [0.2, 0.25) is 0 Å². The van der Waals surface area contributed by atoms with Crippen LogP contribution < -0.4 is 15.4 Å². The molecule has 3 rings (SSSR count). The van der Waals surface area contributed by atoms with Crippen LogP contribution in [-0.4, -0.2) is 50.7 Å². The minimum Gasteiger partial charge on any atom is -0.497 e. The van der Waals surface area contributed by atoms with Crippen LogP contribution in [0, 0.1) is 0 Å². The first-order valence-electron chi connectivity index (χ1n) is 9.56. The molecular weight excluding hydrogens is 483 g/mol. The number of hydrogen-bond donors (Lipinski definition) is 2. The molecule has 1 atom stereocenters. The summed E-state index contributed by atoms with van der Waals surface area (Å²) in [4.78, 5) is 8.46. The second-order valence-corrected chi connectivity index (χ2v) is 7.92.